The topological polar surface area (TPSA) is 89.9 Å². The predicted octanol–water partition coefficient (Wildman–Crippen LogP) is 2.88. The second kappa shape index (κ2) is 15.3. The Morgan fingerprint density at radius 2 is 1.50 bits per heavy atom. The fourth-order valence-corrected chi connectivity index (χ4v) is 1.08. The van der Waals surface area contributed by atoms with Crippen LogP contribution < -0.4 is 0 Å². The van der Waals surface area contributed by atoms with Gasteiger partial charge in [0, 0.05) is 13.0 Å². The first-order chi connectivity index (χ1) is 10.4. The summed E-state index contributed by atoms with van der Waals surface area (Å²) >= 11 is 0. The number of carbonyl (C=O) groups is 3. The highest BCUT2D eigenvalue weighted by molar-refractivity contribution is 5.98. The van der Waals surface area contributed by atoms with E-state index in [0.29, 0.717) is 13.2 Å². The third-order valence-corrected chi connectivity index (χ3v) is 2.20. The van der Waals surface area contributed by atoms with Gasteiger partial charge in [-0.3, -0.25) is 4.79 Å². The first-order valence-corrected chi connectivity index (χ1v) is 7.26. The molecule has 126 valence electrons. The molecule has 0 aliphatic carbocycles. The van der Waals surface area contributed by atoms with Gasteiger partial charge in [-0.2, -0.15) is 0 Å². The Morgan fingerprint density at radius 1 is 1.05 bits per heavy atom. The number of aliphatic carboxylic acids is 1. The van der Waals surface area contributed by atoms with Gasteiger partial charge in [-0.15, -0.1) is 0 Å². The van der Waals surface area contributed by atoms with Crippen molar-refractivity contribution in [1.82, 2.24) is 0 Å². The second-order valence-electron chi connectivity index (χ2n) is 4.33. The molecule has 0 radical (unpaired) electrons. The van der Waals surface area contributed by atoms with E-state index < -0.39 is 17.9 Å². The van der Waals surface area contributed by atoms with Crippen LogP contribution >= 0.6 is 0 Å². The second-order valence-corrected chi connectivity index (χ2v) is 4.33. The van der Waals surface area contributed by atoms with Gasteiger partial charge < -0.3 is 14.6 Å². The molecular formula is C16H26O6. The van der Waals surface area contributed by atoms with Gasteiger partial charge in [0.1, 0.15) is 0 Å². The predicted molar refractivity (Wildman–Crippen MR) is 83.3 cm³/mol. The maximum atomic E-state index is 11.5. The Balaban J connectivity index is 0. The molecule has 0 atom stereocenters. The molecule has 0 aliphatic heterocycles. The normalized spacial score (nSPS) is 10.0. The van der Waals surface area contributed by atoms with Crippen LogP contribution in [0.15, 0.2) is 24.3 Å². The highest BCUT2D eigenvalue weighted by Crippen LogP contribution is 2.02. The van der Waals surface area contributed by atoms with Crippen molar-refractivity contribution in [2.45, 2.75) is 46.5 Å². The molecule has 0 unspecified atom stereocenters. The van der Waals surface area contributed by atoms with E-state index in [1.807, 2.05) is 13.8 Å². The molecule has 0 bridgehead atoms. The smallest absolute Gasteiger partial charge is 0.338 e. The molecule has 6 nitrogen and oxygen atoms in total. The first-order valence-electron chi connectivity index (χ1n) is 7.26. The number of esters is 2. The van der Waals surface area contributed by atoms with Crippen molar-refractivity contribution in [2.75, 3.05) is 13.2 Å². The molecule has 0 rings (SSSR count). The Hall–Kier alpha value is -2.11. The van der Waals surface area contributed by atoms with E-state index in [1.54, 1.807) is 0 Å². The number of hydrogen-bond acceptors (Lipinski definition) is 5. The molecule has 1 N–H and O–H groups in total. The average Bonchev–Trinajstić information content (AvgIpc) is 2.44. The van der Waals surface area contributed by atoms with Crippen LogP contribution in [0, 0.1) is 0 Å². The maximum absolute atomic E-state index is 11.5. The van der Waals surface area contributed by atoms with Crippen LogP contribution in [0.1, 0.15) is 46.5 Å². The third-order valence-electron chi connectivity index (χ3n) is 2.20. The van der Waals surface area contributed by atoms with Gasteiger partial charge in [0.05, 0.1) is 18.8 Å². The molecule has 0 aromatic heterocycles. The van der Waals surface area contributed by atoms with E-state index in [0.717, 1.165) is 38.7 Å². The maximum Gasteiger partial charge on any atom is 0.338 e. The molecule has 0 heterocycles. The Bertz CT molecular complexity index is 380. The summed E-state index contributed by atoms with van der Waals surface area (Å²) in [5.41, 5.74) is 0.132. The van der Waals surface area contributed by atoms with Gasteiger partial charge in [-0.25, -0.2) is 9.59 Å². The van der Waals surface area contributed by atoms with E-state index in [-0.39, 0.29) is 5.57 Å². The van der Waals surface area contributed by atoms with Gasteiger partial charge in [0.15, 0.2) is 0 Å². The van der Waals surface area contributed by atoms with Crippen molar-refractivity contribution in [3.63, 3.8) is 0 Å². The third kappa shape index (κ3) is 15.9. The molecule has 0 spiro atoms. The summed E-state index contributed by atoms with van der Waals surface area (Å²) in [5, 5.41) is 7.42. The van der Waals surface area contributed by atoms with Gasteiger partial charge >= 0.3 is 11.9 Å². The molecule has 22 heavy (non-hydrogen) atoms. The minimum absolute atomic E-state index is 0.132. The summed E-state index contributed by atoms with van der Waals surface area (Å²) in [6.45, 7) is 9.29. The van der Waals surface area contributed by atoms with Crippen molar-refractivity contribution < 1.29 is 29.0 Å². The summed E-state index contributed by atoms with van der Waals surface area (Å²) in [6, 6.07) is 0. The lowest BCUT2D eigenvalue weighted by Gasteiger charge is -2.04. The molecule has 0 amide bonds. The van der Waals surface area contributed by atoms with Gasteiger partial charge in [0.25, 0.3) is 5.97 Å². The number of carbonyl (C=O) groups excluding carboxylic acids is 2. The van der Waals surface area contributed by atoms with Gasteiger partial charge in [0.2, 0.25) is 0 Å². The van der Waals surface area contributed by atoms with Crippen molar-refractivity contribution in [3.05, 3.63) is 24.3 Å². The van der Waals surface area contributed by atoms with Crippen molar-refractivity contribution in [2.24, 2.45) is 0 Å². The fraction of sp³-hybridized carbons (Fsp3) is 0.562. The van der Waals surface area contributed by atoms with Crippen LogP contribution in [0.25, 0.3) is 0 Å². The summed E-state index contributed by atoms with van der Waals surface area (Å²) in [5.74, 6) is -1.91. The molecule has 0 aromatic carbocycles. The highest BCUT2D eigenvalue weighted by atomic mass is 16.5. The highest BCUT2D eigenvalue weighted by Gasteiger charge is 2.10. The fourth-order valence-electron chi connectivity index (χ4n) is 1.08. The molecule has 0 saturated carbocycles. The lowest BCUT2D eigenvalue weighted by Crippen LogP contribution is -2.11. The molecule has 0 aromatic rings. The lowest BCUT2D eigenvalue weighted by atomic mass is 10.2. The Kier molecular flexibility index (Phi) is 15.4. The summed E-state index contributed by atoms with van der Waals surface area (Å²) in [4.78, 5) is 31.9. The minimum atomic E-state index is -0.833. The molecule has 0 fully saturated rings. The van der Waals surface area contributed by atoms with E-state index in [4.69, 9.17) is 19.4 Å². The van der Waals surface area contributed by atoms with Crippen molar-refractivity contribution in [1.29, 1.82) is 0 Å². The molecule has 0 saturated heterocycles. The first kappa shape index (κ1) is 22.2. The standard InChI is InChI=1S/C14H22O4.C2H4O2/c1-4-7-9-17-13(15)11-12(6-3)14(16)18-10-8-5-2;1-2(3)4/h6,11H,3-5,7-10H2,1-2H3;1H3,(H,3,4)/b12-11-;. The van der Waals surface area contributed by atoms with E-state index in [9.17, 15) is 9.59 Å². The zero-order valence-corrected chi connectivity index (χ0v) is 13.6. The van der Waals surface area contributed by atoms with E-state index >= 15 is 0 Å². The van der Waals surface area contributed by atoms with Crippen molar-refractivity contribution in [3.8, 4) is 0 Å². The molecular weight excluding hydrogens is 288 g/mol. The number of carboxylic acids is 1. The number of ether oxygens (including phenoxy) is 2. The zero-order valence-electron chi connectivity index (χ0n) is 13.6. The Labute approximate surface area is 131 Å². The van der Waals surface area contributed by atoms with Crippen LogP contribution in [0.3, 0.4) is 0 Å². The van der Waals surface area contributed by atoms with Crippen LogP contribution in [-0.4, -0.2) is 36.2 Å². The summed E-state index contributed by atoms with van der Waals surface area (Å²) in [6.07, 6.45) is 5.93. The van der Waals surface area contributed by atoms with Crippen LogP contribution in [0.4, 0.5) is 0 Å². The quantitative estimate of drug-likeness (QED) is 0.304. The number of rotatable bonds is 9. The van der Waals surface area contributed by atoms with Gasteiger partial charge in [-0.1, -0.05) is 39.3 Å². The zero-order chi connectivity index (χ0) is 17.4. The summed E-state index contributed by atoms with van der Waals surface area (Å²) < 4.78 is 9.90. The monoisotopic (exact) mass is 314 g/mol. The van der Waals surface area contributed by atoms with Crippen molar-refractivity contribution >= 4 is 17.9 Å². The van der Waals surface area contributed by atoms with Crippen LogP contribution in [0.5, 0.6) is 0 Å². The SMILES string of the molecule is C=C/C(=C/C(=O)OCCCC)C(=O)OCCCC.CC(=O)O. The molecule has 0 aliphatic rings. The molecule has 6 heteroatoms. The summed E-state index contributed by atoms with van der Waals surface area (Å²) in [7, 11) is 0. The average molecular weight is 314 g/mol. The van der Waals surface area contributed by atoms with Crippen LogP contribution in [-0.2, 0) is 23.9 Å². The largest absolute Gasteiger partial charge is 0.481 e. The van der Waals surface area contributed by atoms with E-state index in [2.05, 4.69) is 6.58 Å². The van der Waals surface area contributed by atoms with E-state index in [1.165, 1.54) is 6.08 Å². The van der Waals surface area contributed by atoms with Crippen LogP contribution in [0.2, 0.25) is 0 Å². The number of carboxylic acid groups (broad SMARTS) is 1. The van der Waals surface area contributed by atoms with Gasteiger partial charge in [-0.05, 0) is 12.8 Å². The number of unbranched alkanes of at least 4 members (excludes halogenated alkanes) is 2. The number of hydrogen-bond donors (Lipinski definition) is 1. The lowest BCUT2D eigenvalue weighted by molar-refractivity contribution is -0.141. The minimum Gasteiger partial charge on any atom is -0.481 e. The Morgan fingerprint density at radius 3 is 1.91 bits per heavy atom.